The van der Waals surface area contributed by atoms with Crippen LogP contribution in [0.2, 0.25) is 0 Å². The van der Waals surface area contributed by atoms with Crippen LogP contribution in [-0.4, -0.2) is 19.8 Å². The fraction of sp³-hybridized carbons (Fsp3) is 0.278. The van der Waals surface area contributed by atoms with E-state index in [0.717, 1.165) is 9.13 Å². The molecule has 3 nitrogen and oxygen atoms in total. The van der Waals surface area contributed by atoms with E-state index in [0.29, 0.717) is 0 Å². The molecule has 1 N–H and O–H groups in total. The molecule has 0 aliphatic rings. The number of nitriles is 1. The Morgan fingerprint density at radius 2 is 1.79 bits per heavy atom. The molecule has 2 rings (SSSR count). The maximum atomic E-state index is 14.7. The van der Waals surface area contributed by atoms with E-state index in [2.05, 4.69) is 5.32 Å². The van der Waals surface area contributed by atoms with Gasteiger partial charge in [0, 0.05) is 16.2 Å². The first-order valence-corrected chi connectivity index (χ1v) is 8.40. The van der Waals surface area contributed by atoms with Gasteiger partial charge in [-0.2, -0.15) is 14.0 Å². The molecule has 2 aromatic rings. The second kappa shape index (κ2) is 8.51. The van der Waals surface area contributed by atoms with Crippen molar-refractivity contribution in [3.05, 3.63) is 69.3 Å². The zero-order valence-electron chi connectivity index (χ0n) is 13.0. The highest BCUT2D eigenvalue weighted by Gasteiger charge is 2.42. The zero-order valence-corrected chi connectivity index (χ0v) is 15.2. The Morgan fingerprint density at radius 3 is 2.33 bits per heavy atom. The summed E-state index contributed by atoms with van der Waals surface area (Å²) in [4.78, 5) is 0. The predicted molar refractivity (Wildman–Crippen MR) is 96.6 cm³/mol. The van der Waals surface area contributed by atoms with Crippen LogP contribution in [0, 0.1) is 14.9 Å². The molecule has 0 saturated heterocycles. The Morgan fingerprint density at radius 1 is 1.17 bits per heavy atom. The van der Waals surface area contributed by atoms with E-state index in [1.807, 2.05) is 52.9 Å². The number of methoxy groups -OCH3 is 1. The van der Waals surface area contributed by atoms with Gasteiger partial charge in [0.05, 0.1) is 18.7 Å². The second-order valence-electron chi connectivity index (χ2n) is 5.28. The standard InChI is InChI=1S/C18H17F2IN2O/c1-24-12-16(13-5-3-2-4-6-13)23-17(11-22)18(19,20)14-7-9-15(21)10-8-14/h2-10,16-17,23H,12H2,1H3. The first kappa shape index (κ1) is 18.8. The number of rotatable bonds is 7. The highest BCUT2D eigenvalue weighted by molar-refractivity contribution is 14.1. The molecule has 2 unspecified atom stereocenters. The average Bonchev–Trinajstić information content (AvgIpc) is 2.59. The summed E-state index contributed by atoms with van der Waals surface area (Å²) in [5, 5.41) is 12.0. The topological polar surface area (TPSA) is 45.0 Å². The van der Waals surface area contributed by atoms with Gasteiger partial charge in [-0.05, 0) is 40.3 Å². The third-order valence-electron chi connectivity index (χ3n) is 3.62. The van der Waals surface area contributed by atoms with Crippen molar-refractivity contribution in [3.8, 4) is 6.07 Å². The van der Waals surface area contributed by atoms with Crippen LogP contribution in [-0.2, 0) is 10.7 Å². The lowest BCUT2D eigenvalue weighted by atomic mass is 9.99. The molecule has 0 aromatic heterocycles. The van der Waals surface area contributed by atoms with Crippen LogP contribution in [0.5, 0.6) is 0 Å². The van der Waals surface area contributed by atoms with Gasteiger partial charge in [-0.1, -0.05) is 42.5 Å². The molecule has 0 amide bonds. The Kier molecular flexibility index (Phi) is 6.66. The van der Waals surface area contributed by atoms with Crippen LogP contribution >= 0.6 is 22.6 Å². The number of nitrogens with one attached hydrogen (secondary N) is 1. The first-order valence-electron chi connectivity index (χ1n) is 7.32. The lowest BCUT2D eigenvalue weighted by molar-refractivity contribution is -0.0318. The molecule has 0 fully saturated rings. The van der Waals surface area contributed by atoms with Crippen molar-refractivity contribution in [1.29, 1.82) is 5.26 Å². The molecule has 0 spiro atoms. The molecule has 0 radical (unpaired) electrons. The van der Waals surface area contributed by atoms with Crippen LogP contribution < -0.4 is 5.32 Å². The molecule has 2 atom stereocenters. The van der Waals surface area contributed by atoms with Crippen LogP contribution in [0.15, 0.2) is 54.6 Å². The summed E-state index contributed by atoms with van der Waals surface area (Å²) in [7, 11) is 1.50. The van der Waals surface area contributed by atoms with E-state index in [1.54, 1.807) is 18.2 Å². The number of halogens is 3. The zero-order chi connectivity index (χ0) is 17.6. The van der Waals surface area contributed by atoms with Gasteiger partial charge in [0.15, 0.2) is 6.04 Å². The maximum absolute atomic E-state index is 14.7. The van der Waals surface area contributed by atoms with Gasteiger partial charge in [0.25, 0.3) is 0 Å². The van der Waals surface area contributed by atoms with Crippen molar-refractivity contribution < 1.29 is 13.5 Å². The second-order valence-corrected chi connectivity index (χ2v) is 6.52. The van der Waals surface area contributed by atoms with Gasteiger partial charge in [-0.15, -0.1) is 0 Å². The summed E-state index contributed by atoms with van der Waals surface area (Å²) in [6, 6.07) is 14.5. The minimum absolute atomic E-state index is 0.185. The Bertz CT molecular complexity index is 686. The normalized spacial score (nSPS) is 14.0. The summed E-state index contributed by atoms with van der Waals surface area (Å²) >= 11 is 2.05. The van der Waals surface area contributed by atoms with Gasteiger partial charge in [0.1, 0.15) is 0 Å². The number of hydrogen-bond acceptors (Lipinski definition) is 3. The van der Waals surface area contributed by atoms with Crippen molar-refractivity contribution in [2.75, 3.05) is 13.7 Å². The molecule has 0 bridgehead atoms. The molecule has 6 heteroatoms. The summed E-state index contributed by atoms with van der Waals surface area (Å²) < 4.78 is 35.5. The number of hydrogen-bond donors (Lipinski definition) is 1. The third-order valence-corrected chi connectivity index (χ3v) is 4.34. The Hall–Kier alpha value is -1.56. The SMILES string of the molecule is COCC(NC(C#N)C(F)(F)c1ccc(I)cc1)c1ccccc1. The largest absolute Gasteiger partial charge is 0.383 e. The van der Waals surface area contributed by atoms with Gasteiger partial charge < -0.3 is 4.74 Å². The minimum Gasteiger partial charge on any atom is -0.383 e. The van der Waals surface area contributed by atoms with Gasteiger partial charge in [0.2, 0.25) is 0 Å². The number of alkyl halides is 2. The quantitative estimate of drug-likeness (QED) is 0.653. The van der Waals surface area contributed by atoms with E-state index >= 15 is 0 Å². The molecule has 24 heavy (non-hydrogen) atoms. The lowest BCUT2D eigenvalue weighted by Crippen LogP contribution is -2.45. The van der Waals surface area contributed by atoms with Gasteiger partial charge >= 0.3 is 5.92 Å². The molecule has 126 valence electrons. The van der Waals surface area contributed by atoms with Crippen molar-refractivity contribution in [2.45, 2.75) is 18.0 Å². The molecule has 0 aliphatic heterocycles. The van der Waals surface area contributed by atoms with Crippen molar-refractivity contribution in [3.63, 3.8) is 0 Å². The van der Waals surface area contributed by atoms with Crippen LogP contribution in [0.4, 0.5) is 8.78 Å². The van der Waals surface area contributed by atoms with E-state index in [1.165, 1.54) is 19.2 Å². The molecule has 2 aromatic carbocycles. The third kappa shape index (κ3) is 4.50. The fourth-order valence-electron chi connectivity index (χ4n) is 2.36. The van der Waals surface area contributed by atoms with Crippen molar-refractivity contribution in [1.82, 2.24) is 5.32 Å². The monoisotopic (exact) mass is 442 g/mol. The van der Waals surface area contributed by atoms with Crippen LogP contribution in [0.25, 0.3) is 0 Å². The highest BCUT2D eigenvalue weighted by atomic mass is 127. The van der Waals surface area contributed by atoms with E-state index in [4.69, 9.17) is 4.74 Å². The van der Waals surface area contributed by atoms with Gasteiger partial charge in [-0.3, -0.25) is 5.32 Å². The molecular weight excluding hydrogens is 425 g/mol. The van der Waals surface area contributed by atoms with E-state index < -0.39 is 18.0 Å². The predicted octanol–water partition coefficient (Wildman–Crippen LogP) is 4.25. The van der Waals surface area contributed by atoms with Crippen molar-refractivity contribution in [2.24, 2.45) is 0 Å². The van der Waals surface area contributed by atoms with E-state index in [9.17, 15) is 14.0 Å². The number of ether oxygens (including phenoxy) is 1. The number of benzene rings is 2. The van der Waals surface area contributed by atoms with Crippen LogP contribution in [0.3, 0.4) is 0 Å². The Balaban J connectivity index is 2.25. The maximum Gasteiger partial charge on any atom is 0.301 e. The summed E-state index contributed by atoms with van der Waals surface area (Å²) in [6.07, 6.45) is 0. The molecule has 0 heterocycles. The highest BCUT2D eigenvalue weighted by Crippen LogP contribution is 2.33. The Labute approximate surface area is 153 Å². The first-order chi connectivity index (χ1) is 11.5. The molecule has 0 saturated carbocycles. The molecule has 0 aliphatic carbocycles. The smallest absolute Gasteiger partial charge is 0.301 e. The summed E-state index contributed by atoms with van der Waals surface area (Å²) in [6.45, 7) is 0.185. The molecular formula is C18H17F2IN2O. The van der Waals surface area contributed by atoms with Crippen LogP contribution in [0.1, 0.15) is 17.2 Å². The summed E-state index contributed by atoms with van der Waals surface area (Å²) in [5.74, 6) is -3.32. The number of nitrogens with zero attached hydrogens (tertiary/aromatic N) is 1. The summed E-state index contributed by atoms with van der Waals surface area (Å²) in [5.41, 5.74) is 0.601. The average molecular weight is 442 g/mol. The van der Waals surface area contributed by atoms with Crippen molar-refractivity contribution >= 4 is 22.6 Å². The van der Waals surface area contributed by atoms with E-state index in [-0.39, 0.29) is 12.2 Å². The minimum atomic E-state index is -3.32. The fourth-order valence-corrected chi connectivity index (χ4v) is 2.72. The lowest BCUT2D eigenvalue weighted by Gasteiger charge is -2.27. The van der Waals surface area contributed by atoms with Gasteiger partial charge in [-0.25, -0.2) is 0 Å².